The van der Waals surface area contributed by atoms with E-state index in [0.717, 1.165) is 37.5 Å². The first-order valence-corrected chi connectivity index (χ1v) is 12.9. The lowest BCUT2D eigenvalue weighted by atomic mass is 10.1. The number of alkyl halides is 6. The molecule has 1 saturated heterocycles. The van der Waals surface area contributed by atoms with Gasteiger partial charge in [0.15, 0.2) is 0 Å². The molecular formula is C28H26ClF6N3O2. The van der Waals surface area contributed by atoms with E-state index in [1.807, 2.05) is 0 Å². The summed E-state index contributed by atoms with van der Waals surface area (Å²) in [6.45, 7) is 0.364. The summed E-state index contributed by atoms with van der Waals surface area (Å²) in [7, 11) is 0. The number of carbonyl (C=O) groups excluding carboxylic acids is 1. The van der Waals surface area contributed by atoms with Gasteiger partial charge in [-0.3, -0.25) is 4.79 Å². The molecule has 1 amide bonds. The summed E-state index contributed by atoms with van der Waals surface area (Å²) in [4.78, 5) is 14.2. The number of ether oxygens (including phenoxy) is 1. The number of halogens is 7. The zero-order valence-electron chi connectivity index (χ0n) is 21.1. The largest absolute Gasteiger partial charge is 0.489 e. The van der Waals surface area contributed by atoms with Gasteiger partial charge in [-0.2, -0.15) is 26.3 Å². The Balaban J connectivity index is 1.45. The quantitative estimate of drug-likeness (QED) is 0.263. The first-order chi connectivity index (χ1) is 18.9. The number of carbonyl (C=O) groups is 1. The van der Waals surface area contributed by atoms with Gasteiger partial charge in [-0.25, -0.2) is 0 Å². The molecule has 1 heterocycles. The predicted octanol–water partition coefficient (Wildman–Crippen LogP) is 8.00. The fourth-order valence-corrected chi connectivity index (χ4v) is 4.59. The zero-order chi connectivity index (χ0) is 28.9. The van der Waals surface area contributed by atoms with E-state index in [0.29, 0.717) is 23.9 Å². The van der Waals surface area contributed by atoms with Crippen LogP contribution in [0.2, 0.25) is 5.02 Å². The third-order valence-corrected chi connectivity index (χ3v) is 6.49. The van der Waals surface area contributed by atoms with Crippen molar-refractivity contribution in [3.8, 4) is 5.75 Å². The van der Waals surface area contributed by atoms with E-state index in [2.05, 4.69) is 10.6 Å². The lowest BCUT2D eigenvalue weighted by Crippen LogP contribution is -2.31. The molecule has 1 fully saturated rings. The number of nitrogens with one attached hydrogen (secondary N) is 2. The maximum absolute atomic E-state index is 13.8. The van der Waals surface area contributed by atoms with Crippen LogP contribution in [0.5, 0.6) is 5.75 Å². The lowest BCUT2D eigenvalue weighted by Gasteiger charge is -2.31. The average Bonchev–Trinajstić information content (AvgIpc) is 2.90. The van der Waals surface area contributed by atoms with Crippen LogP contribution in [-0.4, -0.2) is 25.5 Å². The molecule has 3 aromatic rings. The van der Waals surface area contributed by atoms with Crippen molar-refractivity contribution >= 4 is 34.6 Å². The average molecular weight is 586 g/mol. The minimum absolute atomic E-state index is 0.0582. The number of piperidine rings is 1. The third-order valence-electron chi connectivity index (χ3n) is 6.26. The standard InChI is InChI=1S/C28H26ClF6N3O2/c29-20-5-4-6-23(14-20)40-17-18-11-19(27(30,31)32)13-22(12-18)37-26(39)16-36-21-7-8-25(24(15-21)28(33,34)35)38-9-2-1-3-10-38/h4-8,11-15,36H,1-3,9-10,16-17H2,(H,37,39). The summed E-state index contributed by atoms with van der Waals surface area (Å²) in [5, 5.41) is 5.39. The van der Waals surface area contributed by atoms with E-state index in [4.69, 9.17) is 16.3 Å². The molecule has 0 aliphatic carbocycles. The van der Waals surface area contributed by atoms with Crippen LogP contribution in [0.3, 0.4) is 0 Å². The SMILES string of the molecule is O=C(CNc1ccc(N2CCCCC2)c(C(F)(F)F)c1)Nc1cc(COc2cccc(Cl)c2)cc(C(F)(F)F)c1. The minimum Gasteiger partial charge on any atom is -0.489 e. The van der Waals surface area contributed by atoms with Crippen LogP contribution in [0.4, 0.5) is 43.4 Å². The molecule has 40 heavy (non-hydrogen) atoms. The molecule has 1 aliphatic rings. The van der Waals surface area contributed by atoms with Gasteiger partial charge in [0.1, 0.15) is 12.4 Å². The highest BCUT2D eigenvalue weighted by molar-refractivity contribution is 6.30. The van der Waals surface area contributed by atoms with E-state index in [1.54, 1.807) is 23.1 Å². The molecule has 0 unspecified atom stereocenters. The maximum Gasteiger partial charge on any atom is 0.418 e. The van der Waals surface area contributed by atoms with E-state index in [-0.39, 0.29) is 29.2 Å². The third kappa shape index (κ3) is 7.97. The van der Waals surface area contributed by atoms with Crippen LogP contribution in [-0.2, 0) is 23.8 Å². The summed E-state index contributed by atoms with van der Waals surface area (Å²) in [6, 6.07) is 13.1. The lowest BCUT2D eigenvalue weighted by molar-refractivity contribution is -0.138. The Morgan fingerprint density at radius 1 is 0.875 bits per heavy atom. The number of hydrogen-bond acceptors (Lipinski definition) is 4. The Morgan fingerprint density at radius 2 is 1.62 bits per heavy atom. The Bertz CT molecular complexity index is 1340. The van der Waals surface area contributed by atoms with Crippen molar-refractivity contribution in [2.75, 3.05) is 35.2 Å². The molecule has 3 aromatic carbocycles. The molecule has 0 spiro atoms. The highest BCUT2D eigenvalue weighted by Gasteiger charge is 2.35. The number of hydrogen-bond donors (Lipinski definition) is 2. The van der Waals surface area contributed by atoms with E-state index in [9.17, 15) is 31.1 Å². The van der Waals surface area contributed by atoms with E-state index < -0.39 is 35.9 Å². The Kier molecular flexibility index (Phi) is 9.02. The van der Waals surface area contributed by atoms with Crippen molar-refractivity contribution in [3.63, 3.8) is 0 Å². The number of nitrogens with zero attached hydrogens (tertiary/aromatic N) is 1. The molecule has 5 nitrogen and oxygen atoms in total. The Morgan fingerprint density at radius 3 is 2.30 bits per heavy atom. The van der Waals surface area contributed by atoms with Crippen LogP contribution in [0, 0.1) is 0 Å². The first-order valence-electron chi connectivity index (χ1n) is 12.5. The highest BCUT2D eigenvalue weighted by atomic mass is 35.5. The predicted molar refractivity (Wildman–Crippen MR) is 142 cm³/mol. The molecule has 4 rings (SSSR count). The van der Waals surface area contributed by atoms with Crippen molar-refractivity contribution in [3.05, 3.63) is 82.4 Å². The Labute approximate surface area is 232 Å². The monoisotopic (exact) mass is 585 g/mol. The second kappa shape index (κ2) is 12.3. The summed E-state index contributed by atoms with van der Waals surface area (Å²) in [5.74, 6) is -0.390. The summed E-state index contributed by atoms with van der Waals surface area (Å²) in [5.41, 5.74) is -1.67. The summed E-state index contributed by atoms with van der Waals surface area (Å²) < 4.78 is 87.4. The number of benzene rings is 3. The molecule has 2 N–H and O–H groups in total. The van der Waals surface area contributed by atoms with Gasteiger partial charge in [-0.1, -0.05) is 17.7 Å². The van der Waals surface area contributed by atoms with Crippen LogP contribution in [0.25, 0.3) is 0 Å². The van der Waals surface area contributed by atoms with Crippen LogP contribution in [0.1, 0.15) is 36.0 Å². The van der Waals surface area contributed by atoms with Crippen molar-refractivity contribution in [2.24, 2.45) is 0 Å². The first kappa shape index (κ1) is 29.4. The molecule has 0 atom stereocenters. The summed E-state index contributed by atoms with van der Waals surface area (Å²) >= 11 is 5.90. The molecule has 214 valence electrons. The fourth-order valence-electron chi connectivity index (χ4n) is 4.41. The van der Waals surface area contributed by atoms with Gasteiger partial charge in [0.2, 0.25) is 5.91 Å². The second-order valence-corrected chi connectivity index (χ2v) is 9.78. The molecular weight excluding hydrogens is 560 g/mol. The summed E-state index contributed by atoms with van der Waals surface area (Å²) in [6.07, 6.45) is -6.71. The smallest absolute Gasteiger partial charge is 0.418 e. The van der Waals surface area contributed by atoms with Crippen LogP contribution >= 0.6 is 11.6 Å². The Hall–Kier alpha value is -3.60. The van der Waals surface area contributed by atoms with Crippen LogP contribution < -0.4 is 20.3 Å². The van der Waals surface area contributed by atoms with Gasteiger partial charge < -0.3 is 20.3 Å². The van der Waals surface area contributed by atoms with Crippen molar-refractivity contribution in [1.82, 2.24) is 0 Å². The van der Waals surface area contributed by atoms with Gasteiger partial charge in [-0.05, 0) is 79.4 Å². The van der Waals surface area contributed by atoms with E-state index >= 15 is 0 Å². The van der Waals surface area contributed by atoms with Gasteiger partial charge in [-0.15, -0.1) is 0 Å². The second-order valence-electron chi connectivity index (χ2n) is 9.34. The molecule has 0 bridgehead atoms. The van der Waals surface area contributed by atoms with Gasteiger partial charge in [0.25, 0.3) is 0 Å². The van der Waals surface area contributed by atoms with Gasteiger partial charge >= 0.3 is 12.4 Å². The topological polar surface area (TPSA) is 53.6 Å². The van der Waals surface area contributed by atoms with Crippen LogP contribution in [0.15, 0.2) is 60.7 Å². The molecule has 0 radical (unpaired) electrons. The van der Waals surface area contributed by atoms with Crippen molar-refractivity contribution in [1.29, 1.82) is 0 Å². The van der Waals surface area contributed by atoms with E-state index in [1.165, 1.54) is 24.3 Å². The molecule has 0 aromatic heterocycles. The van der Waals surface area contributed by atoms with Gasteiger partial charge in [0.05, 0.1) is 17.7 Å². The zero-order valence-corrected chi connectivity index (χ0v) is 21.9. The molecule has 12 heteroatoms. The fraction of sp³-hybridized carbons (Fsp3) is 0.321. The minimum atomic E-state index is -4.69. The number of anilines is 3. The van der Waals surface area contributed by atoms with Gasteiger partial charge in [0, 0.05) is 35.2 Å². The molecule has 1 aliphatic heterocycles. The van der Waals surface area contributed by atoms with Crippen molar-refractivity contribution < 1.29 is 35.9 Å². The molecule has 0 saturated carbocycles. The van der Waals surface area contributed by atoms with Crippen molar-refractivity contribution in [2.45, 2.75) is 38.2 Å². The number of rotatable bonds is 8. The normalized spacial score (nSPS) is 14.1. The highest BCUT2D eigenvalue weighted by Crippen LogP contribution is 2.39. The maximum atomic E-state index is 13.8. The number of amides is 1.